The van der Waals surface area contributed by atoms with E-state index in [0.29, 0.717) is 10.5 Å². The second-order valence-electron chi connectivity index (χ2n) is 3.70. The molecular formula is C11H7BrF3N3O. The second-order valence-corrected chi connectivity index (χ2v) is 4.61. The van der Waals surface area contributed by atoms with Gasteiger partial charge in [0.1, 0.15) is 0 Å². The molecule has 0 aliphatic rings. The fraction of sp³-hybridized carbons (Fsp3) is 0.0909. The Morgan fingerprint density at radius 1 is 1.37 bits per heavy atom. The molecule has 0 radical (unpaired) electrons. The molecule has 0 aliphatic heterocycles. The molecule has 0 fully saturated rings. The fourth-order valence-corrected chi connectivity index (χ4v) is 1.83. The number of nitrogens with two attached hydrogens (primary N) is 1. The molecule has 8 heteroatoms. The molecule has 0 saturated heterocycles. The first-order chi connectivity index (χ1) is 8.79. The number of amides is 1. The van der Waals surface area contributed by atoms with E-state index in [4.69, 9.17) is 5.73 Å². The maximum Gasteiger partial charge on any atom is 0.416 e. The maximum atomic E-state index is 12.6. The molecule has 100 valence electrons. The molecule has 1 heterocycles. The van der Waals surface area contributed by atoms with Crippen LogP contribution in [0, 0.1) is 0 Å². The minimum atomic E-state index is -4.53. The number of halogens is 4. The van der Waals surface area contributed by atoms with E-state index in [1.807, 2.05) is 0 Å². The van der Waals surface area contributed by atoms with Gasteiger partial charge in [0.05, 0.1) is 27.5 Å². The lowest BCUT2D eigenvalue weighted by Crippen LogP contribution is -2.17. The molecule has 2 N–H and O–H groups in total. The topological polar surface area (TPSA) is 60.9 Å². The van der Waals surface area contributed by atoms with Crippen molar-refractivity contribution in [2.75, 3.05) is 0 Å². The third-order valence-electron chi connectivity index (χ3n) is 2.39. The molecule has 0 spiro atoms. The van der Waals surface area contributed by atoms with Gasteiger partial charge >= 0.3 is 6.18 Å². The smallest absolute Gasteiger partial charge is 0.366 e. The summed E-state index contributed by atoms with van der Waals surface area (Å²) in [5.74, 6) is -0.951. The van der Waals surface area contributed by atoms with Crippen molar-refractivity contribution in [3.63, 3.8) is 0 Å². The number of aromatic nitrogens is 2. The molecule has 0 atom stereocenters. The van der Waals surface area contributed by atoms with E-state index in [9.17, 15) is 18.0 Å². The average molecular weight is 334 g/mol. The van der Waals surface area contributed by atoms with Crippen molar-refractivity contribution in [2.45, 2.75) is 6.18 Å². The molecule has 0 unspecified atom stereocenters. The van der Waals surface area contributed by atoms with E-state index in [1.165, 1.54) is 17.1 Å². The molecule has 1 aromatic heterocycles. The van der Waals surface area contributed by atoms with Crippen molar-refractivity contribution in [1.29, 1.82) is 0 Å². The SMILES string of the molecule is NC(=O)c1cc(C(F)(F)F)ccc1-n1cc(Br)cn1. The quantitative estimate of drug-likeness (QED) is 0.918. The Morgan fingerprint density at radius 3 is 2.53 bits per heavy atom. The van der Waals surface area contributed by atoms with Crippen LogP contribution in [0.3, 0.4) is 0 Å². The Kier molecular flexibility index (Phi) is 3.36. The summed E-state index contributed by atoms with van der Waals surface area (Å²) in [7, 11) is 0. The predicted octanol–water partition coefficient (Wildman–Crippen LogP) is 2.75. The van der Waals surface area contributed by atoms with Crippen molar-refractivity contribution >= 4 is 21.8 Å². The van der Waals surface area contributed by atoms with Crippen LogP contribution in [0.4, 0.5) is 13.2 Å². The van der Waals surface area contributed by atoms with Gasteiger partial charge in [-0.05, 0) is 34.1 Å². The van der Waals surface area contributed by atoms with Crippen molar-refractivity contribution in [2.24, 2.45) is 5.73 Å². The first-order valence-corrected chi connectivity index (χ1v) is 5.80. The first-order valence-electron chi connectivity index (χ1n) is 5.00. The molecule has 2 rings (SSSR count). The monoisotopic (exact) mass is 333 g/mol. The van der Waals surface area contributed by atoms with Crippen LogP contribution in [0.25, 0.3) is 5.69 Å². The molecule has 19 heavy (non-hydrogen) atoms. The maximum absolute atomic E-state index is 12.6. The molecule has 1 amide bonds. The number of hydrogen-bond donors (Lipinski definition) is 1. The van der Waals surface area contributed by atoms with Crippen LogP contribution in [-0.2, 0) is 6.18 Å². The summed E-state index contributed by atoms with van der Waals surface area (Å²) >= 11 is 3.16. The lowest BCUT2D eigenvalue weighted by molar-refractivity contribution is -0.137. The summed E-state index contributed by atoms with van der Waals surface area (Å²) < 4.78 is 39.7. The van der Waals surface area contributed by atoms with E-state index in [-0.39, 0.29) is 11.3 Å². The molecule has 0 bridgehead atoms. The number of carbonyl (C=O) groups is 1. The van der Waals surface area contributed by atoms with Gasteiger partial charge in [0.15, 0.2) is 0 Å². The summed E-state index contributed by atoms with van der Waals surface area (Å²) in [6.45, 7) is 0. The molecular weight excluding hydrogens is 327 g/mol. The highest BCUT2D eigenvalue weighted by Crippen LogP contribution is 2.31. The predicted molar refractivity (Wildman–Crippen MR) is 64.8 cm³/mol. The number of primary amides is 1. The van der Waals surface area contributed by atoms with Gasteiger partial charge in [-0.1, -0.05) is 0 Å². The highest BCUT2D eigenvalue weighted by Gasteiger charge is 2.31. The lowest BCUT2D eigenvalue weighted by Gasteiger charge is -2.11. The Balaban J connectivity index is 2.60. The van der Waals surface area contributed by atoms with E-state index in [0.717, 1.165) is 12.1 Å². The van der Waals surface area contributed by atoms with Crippen molar-refractivity contribution in [1.82, 2.24) is 9.78 Å². The van der Waals surface area contributed by atoms with Crippen molar-refractivity contribution < 1.29 is 18.0 Å². The molecule has 1 aromatic carbocycles. The Bertz CT molecular complexity index is 636. The van der Waals surface area contributed by atoms with Crippen LogP contribution in [0.2, 0.25) is 0 Å². The molecule has 4 nitrogen and oxygen atoms in total. The van der Waals surface area contributed by atoms with Gasteiger partial charge in [0.25, 0.3) is 5.91 Å². The number of benzene rings is 1. The third kappa shape index (κ3) is 2.78. The second kappa shape index (κ2) is 4.69. The van der Waals surface area contributed by atoms with Gasteiger partial charge in [-0.15, -0.1) is 0 Å². The van der Waals surface area contributed by atoms with Gasteiger partial charge < -0.3 is 5.73 Å². The van der Waals surface area contributed by atoms with E-state index >= 15 is 0 Å². The Morgan fingerprint density at radius 2 is 2.05 bits per heavy atom. The van der Waals surface area contributed by atoms with Crippen molar-refractivity contribution in [3.8, 4) is 5.69 Å². The van der Waals surface area contributed by atoms with Crippen LogP contribution < -0.4 is 5.73 Å². The first kappa shape index (κ1) is 13.6. The van der Waals surface area contributed by atoms with Crippen LogP contribution in [0.1, 0.15) is 15.9 Å². The number of rotatable bonds is 2. The number of hydrogen-bond acceptors (Lipinski definition) is 2. The highest BCUT2D eigenvalue weighted by atomic mass is 79.9. The standard InChI is InChI=1S/C11H7BrF3N3O/c12-7-4-17-18(5-7)9-2-1-6(11(13,14)15)3-8(9)10(16)19/h1-5H,(H2,16,19). The van der Waals surface area contributed by atoms with Gasteiger partial charge in [0.2, 0.25) is 0 Å². The van der Waals surface area contributed by atoms with E-state index in [2.05, 4.69) is 21.0 Å². The zero-order chi connectivity index (χ0) is 14.2. The van der Waals surface area contributed by atoms with Crippen LogP contribution in [0.15, 0.2) is 35.1 Å². The van der Waals surface area contributed by atoms with Gasteiger partial charge in [-0.3, -0.25) is 4.79 Å². The number of carbonyl (C=O) groups excluding carboxylic acids is 1. The van der Waals surface area contributed by atoms with E-state index < -0.39 is 17.6 Å². The zero-order valence-electron chi connectivity index (χ0n) is 9.28. The number of nitrogens with zero attached hydrogens (tertiary/aromatic N) is 2. The van der Waals surface area contributed by atoms with E-state index in [1.54, 1.807) is 0 Å². The van der Waals surface area contributed by atoms with Gasteiger partial charge in [0, 0.05) is 6.20 Å². The lowest BCUT2D eigenvalue weighted by atomic mass is 10.1. The minimum absolute atomic E-state index is 0.186. The largest absolute Gasteiger partial charge is 0.416 e. The van der Waals surface area contributed by atoms with Gasteiger partial charge in [-0.25, -0.2) is 4.68 Å². The third-order valence-corrected chi connectivity index (χ3v) is 2.80. The summed E-state index contributed by atoms with van der Waals surface area (Å²) in [4.78, 5) is 11.3. The summed E-state index contributed by atoms with van der Waals surface area (Å²) in [6.07, 6.45) is -1.58. The summed E-state index contributed by atoms with van der Waals surface area (Å²) in [5.41, 5.74) is 4.12. The minimum Gasteiger partial charge on any atom is -0.366 e. The average Bonchev–Trinajstić information content (AvgIpc) is 2.73. The number of alkyl halides is 3. The Labute approximate surface area is 114 Å². The normalized spacial score (nSPS) is 11.6. The summed E-state index contributed by atoms with van der Waals surface area (Å²) in [5, 5.41) is 3.90. The highest BCUT2D eigenvalue weighted by molar-refractivity contribution is 9.10. The summed E-state index contributed by atoms with van der Waals surface area (Å²) in [6, 6.07) is 2.74. The zero-order valence-corrected chi connectivity index (χ0v) is 10.9. The van der Waals surface area contributed by atoms with Crippen molar-refractivity contribution in [3.05, 3.63) is 46.2 Å². The Hall–Kier alpha value is -1.83. The molecule has 0 saturated carbocycles. The van der Waals surface area contributed by atoms with Crippen LogP contribution >= 0.6 is 15.9 Å². The molecule has 0 aliphatic carbocycles. The molecule has 2 aromatic rings. The van der Waals surface area contributed by atoms with Crippen LogP contribution in [0.5, 0.6) is 0 Å². The van der Waals surface area contributed by atoms with Gasteiger partial charge in [-0.2, -0.15) is 18.3 Å². The van der Waals surface area contributed by atoms with Crippen LogP contribution in [-0.4, -0.2) is 15.7 Å². The fourth-order valence-electron chi connectivity index (χ4n) is 1.54.